The van der Waals surface area contributed by atoms with E-state index in [9.17, 15) is 4.79 Å². The third-order valence-electron chi connectivity index (χ3n) is 2.76. The largest absolute Gasteiger partial charge is 0.496 e. The summed E-state index contributed by atoms with van der Waals surface area (Å²) in [5, 5.41) is 0.941. The van der Waals surface area contributed by atoms with Crippen LogP contribution in [0.4, 0.5) is 0 Å². The van der Waals surface area contributed by atoms with Gasteiger partial charge < -0.3 is 9.47 Å². The molecule has 0 radical (unpaired) electrons. The molecule has 0 amide bonds. The number of hydrogen-bond acceptors (Lipinski definition) is 4. The third kappa shape index (κ3) is 2.42. The first-order valence-electron chi connectivity index (χ1n) is 5.65. The first-order chi connectivity index (χ1) is 8.63. The van der Waals surface area contributed by atoms with Gasteiger partial charge in [0.1, 0.15) is 5.75 Å². The van der Waals surface area contributed by atoms with Crippen LogP contribution in [0.25, 0.3) is 10.9 Å². The van der Waals surface area contributed by atoms with Crippen molar-refractivity contribution in [2.24, 2.45) is 0 Å². The number of pyridine rings is 1. The van der Waals surface area contributed by atoms with Gasteiger partial charge in [0, 0.05) is 17.1 Å². The first-order valence-corrected chi connectivity index (χ1v) is 5.65. The van der Waals surface area contributed by atoms with Crippen molar-refractivity contribution in [3.63, 3.8) is 0 Å². The van der Waals surface area contributed by atoms with Crippen LogP contribution in [0.3, 0.4) is 0 Å². The Hall–Kier alpha value is -2.10. The fourth-order valence-corrected chi connectivity index (χ4v) is 1.89. The molecule has 4 heteroatoms. The molecule has 94 valence electrons. The quantitative estimate of drug-likeness (QED) is 0.778. The van der Waals surface area contributed by atoms with E-state index < -0.39 is 0 Å². The normalized spacial score (nSPS) is 10.4. The van der Waals surface area contributed by atoms with Crippen LogP contribution < -0.4 is 4.74 Å². The van der Waals surface area contributed by atoms with Crippen LogP contribution in [0.15, 0.2) is 24.3 Å². The van der Waals surface area contributed by atoms with Gasteiger partial charge in [0.2, 0.25) is 0 Å². The van der Waals surface area contributed by atoms with Gasteiger partial charge in [-0.2, -0.15) is 0 Å². The predicted molar refractivity (Wildman–Crippen MR) is 68.8 cm³/mol. The zero-order valence-electron chi connectivity index (χ0n) is 10.7. The summed E-state index contributed by atoms with van der Waals surface area (Å²) in [6.07, 6.45) is 0.254. The minimum Gasteiger partial charge on any atom is -0.496 e. The Morgan fingerprint density at radius 1 is 1.28 bits per heavy atom. The minimum atomic E-state index is -0.256. The number of aryl methyl sites for hydroxylation is 1. The molecule has 4 nitrogen and oxygen atoms in total. The van der Waals surface area contributed by atoms with E-state index in [1.54, 1.807) is 7.11 Å². The average molecular weight is 245 g/mol. The number of rotatable bonds is 3. The number of hydrogen-bond donors (Lipinski definition) is 0. The highest BCUT2D eigenvalue weighted by molar-refractivity contribution is 5.86. The third-order valence-corrected chi connectivity index (χ3v) is 2.76. The van der Waals surface area contributed by atoms with E-state index in [1.165, 1.54) is 7.11 Å². The van der Waals surface area contributed by atoms with E-state index in [0.717, 1.165) is 27.9 Å². The summed E-state index contributed by atoms with van der Waals surface area (Å²) < 4.78 is 9.97. The monoisotopic (exact) mass is 245 g/mol. The van der Waals surface area contributed by atoms with Crippen molar-refractivity contribution in [1.82, 2.24) is 4.98 Å². The maximum atomic E-state index is 11.2. The average Bonchev–Trinajstić information content (AvgIpc) is 2.37. The van der Waals surface area contributed by atoms with E-state index in [4.69, 9.17) is 4.74 Å². The highest BCUT2D eigenvalue weighted by Gasteiger charge is 2.08. The van der Waals surface area contributed by atoms with Crippen molar-refractivity contribution >= 4 is 16.9 Å². The molecule has 0 aliphatic heterocycles. The second-order valence-electron chi connectivity index (χ2n) is 4.07. The van der Waals surface area contributed by atoms with E-state index >= 15 is 0 Å². The summed E-state index contributed by atoms with van der Waals surface area (Å²) >= 11 is 0. The summed E-state index contributed by atoms with van der Waals surface area (Å²) in [7, 11) is 3.02. The van der Waals surface area contributed by atoms with E-state index in [2.05, 4.69) is 9.72 Å². The molecule has 0 saturated heterocycles. The second-order valence-corrected chi connectivity index (χ2v) is 4.07. The molecule has 1 aromatic heterocycles. The molecule has 0 spiro atoms. The maximum Gasteiger partial charge on any atom is 0.309 e. The molecule has 0 bridgehead atoms. The first kappa shape index (κ1) is 12.4. The summed E-state index contributed by atoms with van der Waals surface area (Å²) in [4.78, 5) is 15.7. The number of nitrogens with zero attached hydrogens (tertiary/aromatic N) is 1. The maximum absolute atomic E-state index is 11.2. The lowest BCUT2D eigenvalue weighted by Gasteiger charge is -2.08. The Labute approximate surface area is 106 Å². The molecule has 0 fully saturated rings. The molecule has 0 aliphatic carbocycles. The van der Waals surface area contributed by atoms with Gasteiger partial charge in [-0.1, -0.05) is 6.07 Å². The zero-order valence-corrected chi connectivity index (χ0v) is 10.7. The second kappa shape index (κ2) is 5.04. The topological polar surface area (TPSA) is 48.4 Å². The number of methoxy groups -OCH3 is 2. The molecular formula is C14H15NO3. The van der Waals surface area contributed by atoms with Crippen LogP contribution in [0.5, 0.6) is 5.75 Å². The van der Waals surface area contributed by atoms with Gasteiger partial charge >= 0.3 is 5.97 Å². The Morgan fingerprint density at radius 2 is 2.06 bits per heavy atom. The Balaban J connectivity index is 2.48. The molecule has 1 aromatic carbocycles. The molecule has 0 N–H and O–H groups in total. The minimum absolute atomic E-state index is 0.254. The fraction of sp³-hybridized carbons (Fsp3) is 0.286. The van der Waals surface area contributed by atoms with E-state index in [1.807, 2.05) is 31.2 Å². The molecule has 0 aliphatic rings. The van der Waals surface area contributed by atoms with Crippen LogP contribution >= 0.6 is 0 Å². The number of ether oxygens (including phenoxy) is 2. The smallest absolute Gasteiger partial charge is 0.309 e. The van der Waals surface area contributed by atoms with Crippen molar-refractivity contribution in [3.05, 3.63) is 35.5 Å². The van der Waals surface area contributed by atoms with Gasteiger partial charge in [-0.25, -0.2) is 0 Å². The molecular weight excluding hydrogens is 230 g/mol. The van der Waals surface area contributed by atoms with Gasteiger partial charge in [-0.05, 0) is 24.6 Å². The van der Waals surface area contributed by atoms with Crippen LogP contribution in [-0.4, -0.2) is 25.2 Å². The van der Waals surface area contributed by atoms with Crippen molar-refractivity contribution < 1.29 is 14.3 Å². The van der Waals surface area contributed by atoms with Crippen molar-refractivity contribution in [2.75, 3.05) is 14.2 Å². The van der Waals surface area contributed by atoms with E-state index in [0.29, 0.717) is 0 Å². The highest BCUT2D eigenvalue weighted by atomic mass is 16.5. The SMILES string of the molecule is COC(=O)Cc1ccc2c(OC)cc(C)nc2c1. The molecule has 0 unspecified atom stereocenters. The fourth-order valence-electron chi connectivity index (χ4n) is 1.89. The summed E-state index contributed by atoms with van der Waals surface area (Å²) in [5.74, 6) is 0.538. The van der Waals surface area contributed by atoms with Crippen LogP contribution in [0, 0.1) is 6.92 Å². The van der Waals surface area contributed by atoms with Crippen LogP contribution in [0.1, 0.15) is 11.3 Å². The van der Waals surface area contributed by atoms with Gasteiger partial charge in [-0.3, -0.25) is 9.78 Å². The Kier molecular flexibility index (Phi) is 3.46. The zero-order chi connectivity index (χ0) is 13.1. The number of carbonyl (C=O) groups excluding carboxylic acids is 1. The number of carbonyl (C=O) groups is 1. The number of esters is 1. The molecule has 1 heterocycles. The Bertz CT molecular complexity index is 593. The van der Waals surface area contributed by atoms with Gasteiger partial charge in [0.15, 0.2) is 0 Å². The predicted octanol–water partition coefficient (Wildman–Crippen LogP) is 2.27. The lowest BCUT2D eigenvalue weighted by atomic mass is 10.1. The van der Waals surface area contributed by atoms with Crippen molar-refractivity contribution in [2.45, 2.75) is 13.3 Å². The summed E-state index contributed by atoms with van der Waals surface area (Å²) in [5.41, 5.74) is 2.59. The van der Waals surface area contributed by atoms with Gasteiger partial charge in [0.25, 0.3) is 0 Å². The van der Waals surface area contributed by atoms with E-state index in [-0.39, 0.29) is 12.4 Å². The lowest BCUT2D eigenvalue weighted by Crippen LogP contribution is -2.04. The summed E-state index contributed by atoms with van der Waals surface area (Å²) in [6, 6.07) is 7.59. The van der Waals surface area contributed by atoms with Crippen molar-refractivity contribution in [1.29, 1.82) is 0 Å². The number of fused-ring (bicyclic) bond motifs is 1. The van der Waals surface area contributed by atoms with Crippen LogP contribution in [-0.2, 0) is 16.0 Å². The number of aromatic nitrogens is 1. The molecule has 18 heavy (non-hydrogen) atoms. The summed E-state index contributed by atoms with van der Waals surface area (Å²) in [6.45, 7) is 1.91. The van der Waals surface area contributed by atoms with Crippen LogP contribution in [0.2, 0.25) is 0 Å². The van der Waals surface area contributed by atoms with Gasteiger partial charge in [0.05, 0.1) is 26.2 Å². The van der Waals surface area contributed by atoms with Crippen molar-refractivity contribution in [3.8, 4) is 5.75 Å². The lowest BCUT2D eigenvalue weighted by molar-refractivity contribution is -0.139. The van der Waals surface area contributed by atoms with Gasteiger partial charge in [-0.15, -0.1) is 0 Å². The molecule has 2 aromatic rings. The number of benzene rings is 1. The molecule has 0 saturated carbocycles. The molecule has 2 rings (SSSR count). The Morgan fingerprint density at radius 3 is 2.72 bits per heavy atom. The highest BCUT2D eigenvalue weighted by Crippen LogP contribution is 2.26. The molecule has 0 atom stereocenters. The standard InChI is InChI=1S/C14H15NO3/c1-9-6-13(17-2)11-5-4-10(7-12(11)15-9)8-14(16)18-3/h4-7H,8H2,1-3H3.